The average molecular weight is 239 g/mol. The number of nitrogens with one attached hydrogen (secondary N) is 1. The molecule has 16 heavy (non-hydrogen) atoms. The summed E-state index contributed by atoms with van der Waals surface area (Å²) < 4.78 is 0. The summed E-state index contributed by atoms with van der Waals surface area (Å²) in [6.07, 6.45) is 8.34. The maximum absolute atomic E-state index is 5.69. The molecule has 0 aliphatic heterocycles. The molecule has 1 saturated carbocycles. The Morgan fingerprint density at radius 1 is 1.62 bits per heavy atom. The summed E-state index contributed by atoms with van der Waals surface area (Å²) in [4.78, 5) is 5.45. The first-order valence-electron chi connectivity index (χ1n) is 6.17. The molecule has 1 aromatic rings. The van der Waals surface area contributed by atoms with E-state index in [4.69, 9.17) is 5.84 Å². The van der Waals surface area contributed by atoms with Crippen LogP contribution in [0.5, 0.6) is 0 Å². The highest BCUT2D eigenvalue weighted by atomic mass is 32.1. The van der Waals surface area contributed by atoms with Gasteiger partial charge in [0.15, 0.2) is 0 Å². The first-order chi connectivity index (χ1) is 7.83. The molecule has 1 aromatic heterocycles. The maximum atomic E-state index is 5.69. The number of nitrogens with two attached hydrogens (primary N) is 1. The van der Waals surface area contributed by atoms with Crippen LogP contribution in [-0.4, -0.2) is 11.0 Å². The molecule has 1 fully saturated rings. The first kappa shape index (κ1) is 12.0. The fourth-order valence-corrected chi connectivity index (χ4v) is 3.43. The molecule has 1 heterocycles. The van der Waals surface area contributed by atoms with E-state index in [9.17, 15) is 0 Å². The molecule has 0 spiro atoms. The summed E-state index contributed by atoms with van der Waals surface area (Å²) in [5.41, 5.74) is 4.90. The fraction of sp³-hybridized carbons (Fsp3) is 0.750. The molecule has 3 atom stereocenters. The zero-order valence-electron chi connectivity index (χ0n) is 9.86. The molecule has 4 heteroatoms. The molecule has 0 amide bonds. The topological polar surface area (TPSA) is 50.9 Å². The normalized spacial score (nSPS) is 27.1. The second-order valence-electron chi connectivity index (χ2n) is 4.79. The lowest BCUT2D eigenvalue weighted by molar-refractivity contribution is 0.349. The standard InChI is InChI=1S/C12H21N3S/c1-2-9-3-4-10(5-9)12(15-13)6-11-7-14-8-16-11/h7-10,12,15H,2-6,13H2,1H3. The molecule has 90 valence electrons. The molecule has 0 radical (unpaired) electrons. The number of nitrogens with zero attached hydrogens (tertiary/aromatic N) is 1. The van der Waals surface area contributed by atoms with E-state index in [-0.39, 0.29) is 0 Å². The van der Waals surface area contributed by atoms with Crippen molar-refractivity contribution in [2.45, 2.75) is 45.1 Å². The minimum atomic E-state index is 0.428. The quantitative estimate of drug-likeness (QED) is 0.612. The van der Waals surface area contributed by atoms with Crippen molar-refractivity contribution < 1.29 is 0 Å². The molecule has 1 aliphatic rings. The van der Waals surface area contributed by atoms with Gasteiger partial charge < -0.3 is 0 Å². The van der Waals surface area contributed by atoms with Crippen molar-refractivity contribution in [3.8, 4) is 0 Å². The van der Waals surface area contributed by atoms with Gasteiger partial charge in [-0.05, 0) is 24.7 Å². The van der Waals surface area contributed by atoms with Gasteiger partial charge >= 0.3 is 0 Å². The lowest BCUT2D eigenvalue weighted by atomic mass is 9.94. The average Bonchev–Trinajstić information content (AvgIpc) is 2.96. The largest absolute Gasteiger partial charge is 0.271 e. The van der Waals surface area contributed by atoms with Crippen LogP contribution >= 0.6 is 11.3 Å². The highest BCUT2D eigenvalue weighted by Gasteiger charge is 2.29. The SMILES string of the molecule is CCC1CCC(C(Cc2cncs2)NN)C1. The summed E-state index contributed by atoms with van der Waals surface area (Å²) in [5.74, 6) is 7.36. The highest BCUT2D eigenvalue weighted by Crippen LogP contribution is 2.35. The number of aromatic nitrogens is 1. The van der Waals surface area contributed by atoms with Gasteiger partial charge in [-0.3, -0.25) is 16.3 Å². The van der Waals surface area contributed by atoms with Gasteiger partial charge in [0.05, 0.1) is 5.51 Å². The molecule has 0 aromatic carbocycles. The highest BCUT2D eigenvalue weighted by molar-refractivity contribution is 7.09. The van der Waals surface area contributed by atoms with Gasteiger partial charge in [-0.1, -0.05) is 19.8 Å². The van der Waals surface area contributed by atoms with E-state index in [1.165, 1.54) is 30.6 Å². The summed E-state index contributed by atoms with van der Waals surface area (Å²) in [5, 5.41) is 0. The maximum Gasteiger partial charge on any atom is 0.0794 e. The van der Waals surface area contributed by atoms with E-state index < -0.39 is 0 Å². The molecule has 3 N–H and O–H groups in total. The van der Waals surface area contributed by atoms with Gasteiger partial charge in [-0.2, -0.15) is 0 Å². The molecule has 1 aliphatic carbocycles. The smallest absolute Gasteiger partial charge is 0.0794 e. The Labute approximate surface area is 101 Å². The molecular weight excluding hydrogens is 218 g/mol. The molecule has 2 rings (SSSR count). The number of hydrogen-bond donors (Lipinski definition) is 2. The Hall–Kier alpha value is -0.450. The van der Waals surface area contributed by atoms with Gasteiger partial charge in [0.2, 0.25) is 0 Å². The molecule has 3 nitrogen and oxygen atoms in total. The van der Waals surface area contributed by atoms with Gasteiger partial charge in [0.1, 0.15) is 0 Å². The van der Waals surface area contributed by atoms with Crippen molar-refractivity contribution in [2.75, 3.05) is 0 Å². The van der Waals surface area contributed by atoms with Crippen LogP contribution in [0.4, 0.5) is 0 Å². The second-order valence-corrected chi connectivity index (χ2v) is 5.76. The molecule has 0 saturated heterocycles. The van der Waals surface area contributed by atoms with Crippen LogP contribution in [0.2, 0.25) is 0 Å². The zero-order chi connectivity index (χ0) is 11.4. The Kier molecular flexibility index (Phi) is 4.32. The van der Waals surface area contributed by atoms with Gasteiger partial charge in [0, 0.05) is 23.5 Å². The lowest BCUT2D eigenvalue weighted by Crippen LogP contribution is -2.41. The van der Waals surface area contributed by atoms with Crippen molar-refractivity contribution >= 4 is 11.3 Å². The third kappa shape index (κ3) is 2.81. The van der Waals surface area contributed by atoms with Crippen LogP contribution in [0.1, 0.15) is 37.5 Å². The minimum absolute atomic E-state index is 0.428. The van der Waals surface area contributed by atoms with E-state index in [0.29, 0.717) is 6.04 Å². The number of thiazole rings is 1. The molecule has 0 bridgehead atoms. The van der Waals surface area contributed by atoms with Gasteiger partial charge in [-0.15, -0.1) is 11.3 Å². The zero-order valence-corrected chi connectivity index (χ0v) is 10.7. The first-order valence-corrected chi connectivity index (χ1v) is 7.05. The third-order valence-corrected chi connectivity index (χ3v) is 4.65. The third-order valence-electron chi connectivity index (χ3n) is 3.85. The van der Waals surface area contributed by atoms with Crippen LogP contribution in [0, 0.1) is 11.8 Å². The fourth-order valence-electron chi connectivity index (χ4n) is 2.77. The van der Waals surface area contributed by atoms with Crippen LogP contribution in [-0.2, 0) is 6.42 Å². The number of hydrazine groups is 1. The summed E-state index contributed by atoms with van der Waals surface area (Å²) in [6, 6.07) is 0.428. The van der Waals surface area contributed by atoms with Crippen LogP contribution < -0.4 is 11.3 Å². The Morgan fingerprint density at radius 3 is 3.06 bits per heavy atom. The Morgan fingerprint density at radius 2 is 2.50 bits per heavy atom. The van der Waals surface area contributed by atoms with E-state index in [1.807, 2.05) is 11.7 Å². The predicted molar refractivity (Wildman–Crippen MR) is 68.1 cm³/mol. The summed E-state index contributed by atoms with van der Waals surface area (Å²) in [7, 11) is 0. The molecule has 3 unspecified atom stereocenters. The van der Waals surface area contributed by atoms with Crippen LogP contribution in [0.15, 0.2) is 11.7 Å². The van der Waals surface area contributed by atoms with E-state index >= 15 is 0 Å². The van der Waals surface area contributed by atoms with Crippen molar-refractivity contribution in [1.82, 2.24) is 10.4 Å². The van der Waals surface area contributed by atoms with Crippen LogP contribution in [0.25, 0.3) is 0 Å². The van der Waals surface area contributed by atoms with E-state index in [1.54, 1.807) is 11.3 Å². The van der Waals surface area contributed by atoms with Crippen molar-refractivity contribution in [2.24, 2.45) is 17.7 Å². The van der Waals surface area contributed by atoms with Crippen molar-refractivity contribution in [3.05, 3.63) is 16.6 Å². The monoisotopic (exact) mass is 239 g/mol. The minimum Gasteiger partial charge on any atom is -0.271 e. The van der Waals surface area contributed by atoms with Crippen molar-refractivity contribution in [3.63, 3.8) is 0 Å². The second kappa shape index (κ2) is 5.75. The van der Waals surface area contributed by atoms with Crippen LogP contribution in [0.3, 0.4) is 0 Å². The Balaban J connectivity index is 1.90. The number of hydrogen-bond acceptors (Lipinski definition) is 4. The summed E-state index contributed by atoms with van der Waals surface area (Å²) >= 11 is 1.73. The lowest BCUT2D eigenvalue weighted by Gasteiger charge is -2.22. The van der Waals surface area contributed by atoms with E-state index in [0.717, 1.165) is 18.3 Å². The van der Waals surface area contributed by atoms with E-state index in [2.05, 4.69) is 17.3 Å². The predicted octanol–water partition coefficient (Wildman–Crippen LogP) is 2.34. The molecular formula is C12H21N3S. The Bertz CT molecular complexity index is 299. The number of rotatable bonds is 5. The summed E-state index contributed by atoms with van der Waals surface area (Å²) in [6.45, 7) is 2.29. The van der Waals surface area contributed by atoms with Gasteiger partial charge in [-0.25, -0.2) is 0 Å². The van der Waals surface area contributed by atoms with Gasteiger partial charge in [0.25, 0.3) is 0 Å². The van der Waals surface area contributed by atoms with Crippen molar-refractivity contribution in [1.29, 1.82) is 0 Å².